The van der Waals surface area contributed by atoms with Crippen LogP contribution in [0.3, 0.4) is 0 Å². The van der Waals surface area contributed by atoms with Gasteiger partial charge in [-0.2, -0.15) is 0 Å². The second-order valence-electron chi connectivity index (χ2n) is 6.11. The average Bonchev–Trinajstić information content (AvgIpc) is 3.08. The van der Waals surface area contributed by atoms with Gasteiger partial charge in [0.2, 0.25) is 0 Å². The number of hydrogen-bond donors (Lipinski definition) is 1. The van der Waals surface area contributed by atoms with Crippen molar-refractivity contribution in [3.63, 3.8) is 0 Å². The van der Waals surface area contributed by atoms with Gasteiger partial charge in [0, 0.05) is 24.9 Å². The first kappa shape index (κ1) is 17.4. The molecule has 0 radical (unpaired) electrons. The van der Waals surface area contributed by atoms with Gasteiger partial charge >= 0.3 is 0 Å². The molecule has 6 heteroatoms. The Kier molecular flexibility index (Phi) is 4.49. The van der Waals surface area contributed by atoms with E-state index in [2.05, 4.69) is 5.32 Å². The highest BCUT2D eigenvalue weighted by Crippen LogP contribution is 2.41. The SMILES string of the molecule is CNc1c(-c2ccccc2)sc2c1c(=O)ccn2Cc1c(F)cccc1F. The summed E-state index contributed by atoms with van der Waals surface area (Å²) >= 11 is 1.43. The van der Waals surface area contributed by atoms with Crippen molar-refractivity contribution in [3.05, 3.63) is 88.2 Å². The van der Waals surface area contributed by atoms with Crippen LogP contribution < -0.4 is 10.7 Å². The lowest BCUT2D eigenvalue weighted by molar-refractivity contribution is 0.547. The van der Waals surface area contributed by atoms with Crippen molar-refractivity contribution in [2.45, 2.75) is 6.54 Å². The number of pyridine rings is 1. The fraction of sp³-hybridized carbons (Fsp3) is 0.0952. The van der Waals surface area contributed by atoms with Gasteiger partial charge in [-0.05, 0) is 17.7 Å². The molecule has 0 unspecified atom stereocenters. The number of hydrogen-bond acceptors (Lipinski definition) is 3. The molecule has 136 valence electrons. The molecule has 1 N–H and O–H groups in total. The van der Waals surface area contributed by atoms with E-state index >= 15 is 0 Å². The van der Waals surface area contributed by atoms with Crippen LogP contribution in [0.1, 0.15) is 5.56 Å². The van der Waals surface area contributed by atoms with Crippen molar-refractivity contribution >= 4 is 27.2 Å². The van der Waals surface area contributed by atoms with Gasteiger partial charge in [0.15, 0.2) is 5.43 Å². The van der Waals surface area contributed by atoms with E-state index < -0.39 is 11.6 Å². The first-order chi connectivity index (χ1) is 13.1. The van der Waals surface area contributed by atoms with E-state index in [-0.39, 0.29) is 17.5 Å². The number of rotatable bonds is 4. The standard InChI is InChI=1S/C21H16F2N2OS/c1-24-19-18-17(26)10-11-25(12-14-15(22)8-5-9-16(14)23)21(18)27-20(19)13-6-3-2-4-7-13/h2-11,24H,12H2,1H3. The second-order valence-corrected chi connectivity index (χ2v) is 7.11. The van der Waals surface area contributed by atoms with Crippen LogP contribution in [0.2, 0.25) is 0 Å². The Bertz CT molecular complexity index is 1160. The van der Waals surface area contributed by atoms with E-state index in [1.165, 1.54) is 35.6 Å². The summed E-state index contributed by atoms with van der Waals surface area (Å²) < 4.78 is 29.9. The quantitative estimate of drug-likeness (QED) is 0.533. The van der Waals surface area contributed by atoms with Gasteiger partial charge < -0.3 is 9.88 Å². The fourth-order valence-electron chi connectivity index (χ4n) is 3.17. The predicted molar refractivity (Wildman–Crippen MR) is 107 cm³/mol. The van der Waals surface area contributed by atoms with E-state index in [0.29, 0.717) is 10.2 Å². The summed E-state index contributed by atoms with van der Waals surface area (Å²) in [5.74, 6) is -1.20. The minimum atomic E-state index is -0.601. The summed E-state index contributed by atoms with van der Waals surface area (Å²) in [5.41, 5.74) is 1.56. The van der Waals surface area contributed by atoms with Gasteiger partial charge in [-0.15, -0.1) is 11.3 Å². The van der Waals surface area contributed by atoms with Crippen molar-refractivity contribution in [2.24, 2.45) is 0 Å². The van der Waals surface area contributed by atoms with Crippen molar-refractivity contribution in [1.29, 1.82) is 0 Å². The third kappa shape index (κ3) is 3.02. The largest absolute Gasteiger partial charge is 0.386 e. The zero-order chi connectivity index (χ0) is 19.0. The Morgan fingerprint density at radius 3 is 2.37 bits per heavy atom. The Morgan fingerprint density at radius 2 is 1.70 bits per heavy atom. The van der Waals surface area contributed by atoms with Crippen LogP contribution in [-0.2, 0) is 6.54 Å². The summed E-state index contributed by atoms with van der Waals surface area (Å²) in [6.45, 7) is 0.00713. The normalized spacial score (nSPS) is 11.1. The number of benzene rings is 2. The molecule has 0 spiro atoms. The summed E-state index contributed by atoms with van der Waals surface area (Å²) in [7, 11) is 1.77. The summed E-state index contributed by atoms with van der Waals surface area (Å²) in [5, 5.41) is 3.65. The van der Waals surface area contributed by atoms with Crippen LogP contribution in [0, 0.1) is 11.6 Å². The molecule has 0 saturated carbocycles. The first-order valence-electron chi connectivity index (χ1n) is 8.42. The van der Waals surface area contributed by atoms with Crippen LogP contribution in [0.25, 0.3) is 20.7 Å². The Labute approximate surface area is 158 Å². The van der Waals surface area contributed by atoms with E-state index in [1.807, 2.05) is 30.3 Å². The molecule has 0 saturated heterocycles. The van der Waals surface area contributed by atoms with Crippen LogP contribution in [0.15, 0.2) is 65.6 Å². The average molecular weight is 382 g/mol. The molecule has 2 aromatic heterocycles. The number of nitrogens with zero attached hydrogens (tertiary/aromatic N) is 1. The van der Waals surface area contributed by atoms with Crippen LogP contribution in [0.4, 0.5) is 14.5 Å². The topological polar surface area (TPSA) is 34.0 Å². The highest BCUT2D eigenvalue weighted by molar-refractivity contribution is 7.22. The minimum absolute atomic E-state index is 0.00713. The highest BCUT2D eigenvalue weighted by atomic mass is 32.1. The first-order valence-corrected chi connectivity index (χ1v) is 9.24. The van der Waals surface area contributed by atoms with Crippen molar-refractivity contribution in [3.8, 4) is 10.4 Å². The van der Waals surface area contributed by atoms with E-state index in [4.69, 9.17) is 0 Å². The summed E-state index contributed by atoms with van der Waals surface area (Å²) in [4.78, 5) is 14.1. The Balaban J connectivity index is 1.95. The van der Waals surface area contributed by atoms with Gasteiger partial charge in [-0.1, -0.05) is 36.4 Å². The molecule has 2 aromatic carbocycles. The van der Waals surface area contributed by atoms with Crippen molar-refractivity contribution in [2.75, 3.05) is 12.4 Å². The molecule has 0 aliphatic carbocycles. The third-order valence-electron chi connectivity index (χ3n) is 4.48. The monoisotopic (exact) mass is 382 g/mol. The minimum Gasteiger partial charge on any atom is -0.386 e. The second kappa shape index (κ2) is 6.96. The summed E-state index contributed by atoms with van der Waals surface area (Å²) in [6.07, 6.45) is 1.58. The van der Waals surface area contributed by atoms with Gasteiger partial charge in [0.1, 0.15) is 16.5 Å². The Morgan fingerprint density at radius 1 is 1.00 bits per heavy atom. The van der Waals surface area contributed by atoms with E-state index in [0.717, 1.165) is 16.1 Å². The molecular weight excluding hydrogens is 366 g/mol. The maximum Gasteiger partial charge on any atom is 0.192 e. The number of aromatic nitrogens is 1. The highest BCUT2D eigenvalue weighted by Gasteiger charge is 2.18. The summed E-state index contributed by atoms with van der Waals surface area (Å²) in [6, 6.07) is 15.0. The molecule has 3 nitrogen and oxygen atoms in total. The number of thiophene rings is 1. The molecule has 2 heterocycles. The number of nitrogens with one attached hydrogen (secondary N) is 1. The maximum absolute atomic E-state index is 14.1. The molecule has 0 atom stereocenters. The molecule has 0 aliphatic heterocycles. The molecule has 0 amide bonds. The van der Waals surface area contributed by atoms with E-state index in [1.54, 1.807) is 17.8 Å². The van der Waals surface area contributed by atoms with Crippen LogP contribution in [0.5, 0.6) is 0 Å². The molecular formula is C21H16F2N2OS. The van der Waals surface area contributed by atoms with Gasteiger partial charge in [-0.25, -0.2) is 8.78 Å². The molecule has 0 fully saturated rings. The Hall–Kier alpha value is -2.99. The smallest absolute Gasteiger partial charge is 0.192 e. The molecule has 0 bridgehead atoms. The number of halogens is 2. The lowest BCUT2D eigenvalue weighted by Crippen LogP contribution is -2.10. The lowest BCUT2D eigenvalue weighted by Gasteiger charge is -2.10. The van der Waals surface area contributed by atoms with Crippen LogP contribution in [-0.4, -0.2) is 11.6 Å². The molecule has 4 aromatic rings. The maximum atomic E-state index is 14.1. The molecule has 27 heavy (non-hydrogen) atoms. The number of anilines is 1. The molecule has 0 aliphatic rings. The van der Waals surface area contributed by atoms with Crippen LogP contribution >= 0.6 is 11.3 Å². The number of fused-ring (bicyclic) bond motifs is 1. The van der Waals surface area contributed by atoms with Gasteiger partial charge in [-0.3, -0.25) is 4.79 Å². The lowest BCUT2D eigenvalue weighted by atomic mass is 10.1. The third-order valence-corrected chi connectivity index (χ3v) is 5.75. The van der Waals surface area contributed by atoms with E-state index in [9.17, 15) is 13.6 Å². The fourth-order valence-corrected chi connectivity index (χ4v) is 4.47. The predicted octanol–water partition coefficient (Wildman–Crippen LogP) is 5.10. The van der Waals surface area contributed by atoms with Crippen molar-refractivity contribution in [1.82, 2.24) is 4.57 Å². The molecule has 4 rings (SSSR count). The van der Waals surface area contributed by atoms with Gasteiger partial charge in [0.25, 0.3) is 0 Å². The van der Waals surface area contributed by atoms with Crippen molar-refractivity contribution < 1.29 is 8.78 Å². The van der Waals surface area contributed by atoms with Gasteiger partial charge in [0.05, 0.1) is 22.5 Å². The zero-order valence-electron chi connectivity index (χ0n) is 14.5. The zero-order valence-corrected chi connectivity index (χ0v) is 15.3.